The second-order valence-electron chi connectivity index (χ2n) is 4.72. The van der Waals surface area contributed by atoms with Gasteiger partial charge in [0, 0.05) is 16.1 Å². The molecule has 0 saturated heterocycles. The second-order valence-corrected chi connectivity index (χ2v) is 7.59. The van der Waals surface area contributed by atoms with Gasteiger partial charge in [-0.05, 0) is 29.8 Å². The van der Waals surface area contributed by atoms with Gasteiger partial charge in [-0.15, -0.1) is 0 Å². The minimum atomic E-state index is -3.43. The first-order valence-corrected chi connectivity index (χ1v) is 8.82. The average molecular weight is 362 g/mol. The van der Waals surface area contributed by atoms with Crippen LogP contribution in [0.2, 0.25) is 0 Å². The molecule has 3 nitrogen and oxygen atoms in total. The van der Waals surface area contributed by atoms with Crippen LogP contribution < -0.4 is 0 Å². The quantitative estimate of drug-likeness (QED) is 0.708. The Bertz CT molecular complexity index is 884. The summed E-state index contributed by atoms with van der Waals surface area (Å²) in [5.74, 6) is -0.0318. The Hall–Kier alpha value is -1.72. The fraction of sp³-hybridized carbons (Fsp3) is 0.0625. The number of benzene rings is 2. The van der Waals surface area contributed by atoms with E-state index in [2.05, 4.69) is 20.9 Å². The van der Waals surface area contributed by atoms with Crippen LogP contribution in [0.1, 0.15) is 5.56 Å². The minimum Gasteiger partial charge on any atom is -0.255 e. The summed E-state index contributed by atoms with van der Waals surface area (Å²) in [5, 5.41) is 0.828. The minimum absolute atomic E-state index is 0.0318. The topological polar surface area (TPSA) is 47.0 Å². The highest BCUT2D eigenvalue weighted by Gasteiger charge is 2.18. The van der Waals surface area contributed by atoms with Crippen LogP contribution in [0.4, 0.5) is 0 Å². The van der Waals surface area contributed by atoms with E-state index in [9.17, 15) is 8.42 Å². The number of aromatic nitrogens is 1. The van der Waals surface area contributed by atoms with Gasteiger partial charge in [0.05, 0.1) is 16.2 Å². The Morgan fingerprint density at radius 2 is 1.67 bits per heavy atom. The third-order valence-corrected chi connectivity index (χ3v) is 5.44. The normalized spacial score (nSPS) is 11.7. The molecule has 0 aliphatic heterocycles. The Kier molecular flexibility index (Phi) is 3.78. The van der Waals surface area contributed by atoms with Crippen molar-refractivity contribution in [2.24, 2.45) is 0 Å². The van der Waals surface area contributed by atoms with Gasteiger partial charge in [0.2, 0.25) is 0 Å². The molecule has 0 atom stereocenters. The third-order valence-electron chi connectivity index (χ3n) is 3.20. The summed E-state index contributed by atoms with van der Waals surface area (Å²) < 4.78 is 26.2. The van der Waals surface area contributed by atoms with E-state index < -0.39 is 9.84 Å². The summed E-state index contributed by atoms with van der Waals surface area (Å²) in [5.41, 5.74) is 1.28. The number of hydrogen-bond acceptors (Lipinski definition) is 3. The van der Waals surface area contributed by atoms with Crippen molar-refractivity contribution < 1.29 is 8.42 Å². The standard InChI is InChI=1S/C16H12BrNO2S/c17-14-8-6-12(7-9-14)11-21(19,20)15-5-1-3-13-4-2-10-18-16(13)15/h1-10H,11H2. The van der Waals surface area contributed by atoms with Crippen molar-refractivity contribution in [3.05, 3.63) is 70.8 Å². The number of sulfone groups is 1. The predicted octanol–water partition coefficient (Wildman–Crippen LogP) is 3.97. The van der Waals surface area contributed by atoms with Crippen LogP contribution in [0.25, 0.3) is 10.9 Å². The van der Waals surface area contributed by atoms with Gasteiger partial charge in [0.1, 0.15) is 0 Å². The number of para-hydroxylation sites is 1. The number of halogens is 1. The van der Waals surface area contributed by atoms with Crippen molar-refractivity contribution in [1.82, 2.24) is 4.98 Å². The van der Waals surface area contributed by atoms with Crippen LogP contribution >= 0.6 is 15.9 Å². The first-order valence-electron chi connectivity index (χ1n) is 6.37. The molecule has 21 heavy (non-hydrogen) atoms. The summed E-state index contributed by atoms with van der Waals surface area (Å²) in [4.78, 5) is 4.50. The molecule has 0 radical (unpaired) electrons. The van der Waals surface area contributed by atoms with Gasteiger partial charge < -0.3 is 0 Å². The van der Waals surface area contributed by atoms with Crippen molar-refractivity contribution in [3.8, 4) is 0 Å². The van der Waals surface area contributed by atoms with Gasteiger partial charge in [-0.3, -0.25) is 4.98 Å². The lowest BCUT2D eigenvalue weighted by Crippen LogP contribution is -2.06. The molecule has 0 aliphatic carbocycles. The molecular weight excluding hydrogens is 350 g/mol. The molecule has 3 aromatic rings. The summed E-state index contributed by atoms with van der Waals surface area (Å²) in [6.45, 7) is 0. The molecule has 0 fully saturated rings. The van der Waals surface area contributed by atoms with Gasteiger partial charge in [-0.25, -0.2) is 8.42 Å². The first kappa shape index (κ1) is 14.2. The number of pyridine rings is 1. The maximum atomic E-state index is 12.6. The van der Waals surface area contributed by atoms with Crippen molar-refractivity contribution in [1.29, 1.82) is 0 Å². The number of hydrogen-bond donors (Lipinski definition) is 0. The van der Waals surface area contributed by atoms with Gasteiger partial charge >= 0.3 is 0 Å². The van der Waals surface area contributed by atoms with Crippen LogP contribution in [-0.4, -0.2) is 13.4 Å². The molecule has 0 bridgehead atoms. The molecule has 0 saturated carbocycles. The van der Waals surface area contributed by atoms with E-state index in [4.69, 9.17) is 0 Å². The largest absolute Gasteiger partial charge is 0.255 e. The molecule has 0 aliphatic rings. The number of nitrogens with zero attached hydrogens (tertiary/aromatic N) is 1. The number of fused-ring (bicyclic) bond motifs is 1. The summed E-state index contributed by atoms with van der Waals surface area (Å²) in [7, 11) is -3.43. The Balaban J connectivity index is 2.06. The Morgan fingerprint density at radius 3 is 2.43 bits per heavy atom. The summed E-state index contributed by atoms with van der Waals surface area (Å²) >= 11 is 3.34. The molecule has 2 aromatic carbocycles. The Labute approximate surface area is 131 Å². The van der Waals surface area contributed by atoms with Gasteiger partial charge in [-0.1, -0.05) is 46.3 Å². The summed E-state index contributed by atoms with van der Waals surface area (Å²) in [6.07, 6.45) is 1.61. The zero-order chi connectivity index (χ0) is 14.9. The van der Waals surface area contributed by atoms with Crippen LogP contribution in [0.15, 0.2) is 70.2 Å². The van der Waals surface area contributed by atoms with Crippen LogP contribution in [-0.2, 0) is 15.6 Å². The lowest BCUT2D eigenvalue weighted by molar-refractivity contribution is 0.596. The van der Waals surface area contributed by atoms with Gasteiger partial charge in [-0.2, -0.15) is 0 Å². The van der Waals surface area contributed by atoms with E-state index in [-0.39, 0.29) is 10.6 Å². The number of rotatable bonds is 3. The van der Waals surface area contributed by atoms with E-state index in [1.54, 1.807) is 36.5 Å². The first-order chi connectivity index (χ1) is 10.1. The smallest absolute Gasteiger partial charge is 0.184 e. The van der Waals surface area contributed by atoms with E-state index in [1.807, 2.05) is 24.3 Å². The van der Waals surface area contributed by atoms with Crippen LogP contribution in [0.5, 0.6) is 0 Å². The van der Waals surface area contributed by atoms with Crippen LogP contribution in [0, 0.1) is 0 Å². The van der Waals surface area contributed by atoms with Crippen LogP contribution in [0.3, 0.4) is 0 Å². The van der Waals surface area contributed by atoms with Crippen molar-refractivity contribution in [2.75, 3.05) is 0 Å². The Morgan fingerprint density at radius 1 is 0.952 bits per heavy atom. The van der Waals surface area contributed by atoms with Gasteiger partial charge in [0.25, 0.3) is 0 Å². The fourth-order valence-electron chi connectivity index (χ4n) is 2.20. The van der Waals surface area contributed by atoms with Gasteiger partial charge in [0.15, 0.2) is 9.84 Å². The van der Waals surface area contributed by atoms with E-state index in [0.717, 1.165) is 15.4 Å². The highest BCUT2D eigenvalue weighted by Crippen LogP contribution is 2.24. The molecule has 1 aromatic heterocycles. The van der Waals surface area contributed by atoms with E-state index in [1.165, 1.54) is 0 Å². The zero-order valence-electron chi connectivity index (χ0n) is 11.0. The maximum absolute atomic E-state index is 12.6. The maximum Gasteiger partial charge on any atom is 0.184 e. The SMILES string of the molecule is O=S(=O)(Cc1ccc(Br)cc1)c1cccc2cccnc12. The van der Waals surface area contributed by atoms with Crippen molar-refractivity contribution in [3.63, 3.8) is 0 Å². The molecule has 5 heteroatoms. The summed E-state index contributed by atoms with van der Waals surface area (Å²) in [6, 6.07) is 16.2. The average Bonchev–Trinajstić information content (AvgIpc) is 2.49. The molecule has 0 N–H and O–H groups in total. The van der Waals surface area contributed by atoms with Crippen molar-refractivity contribution >= 4 is 36.7 Å². The molecular formula is C16H12BrNO2S. The lowest BCUT2D eigenvalue weighted by Gasteiger charge is -2.07. The fourth-order valence-corrected chi connectivity index (χ4v) is 4.01. The van der Waals surface area contributed by atoms with E-state index in [0.29, 0.717) is 5.52 Å². The molecule has 0 spiro atoms. The zero-order valence-corrected chi connectivity index (χ0v) is 13.4. The predicted molar refractivity (Wildman–Crippen MR) is 86.8 cm³/mol. The molecule has 0 amide bonds. The highest BCUT2D eigenvalue weighted by molar-refractivity contribution is 9.10. The third kappa shape index (κ3) is 2.99. The van der Waals surface area contributed by atoms with E-state index >= 15 is 0 Å². The highest BCUT2D eigenvalue weighted by atomic mass is 79.9. The molecule has 1 heterocycles. The molecule has 3 rings (SSSR count). The molecule has 0 unspecified atom stereocenters. The monoisotopic (exact) mass is 361 g/mol. The molecule has 106 valence electrons. The lowest BCUT2D eigenvalue weighted by atomic mass is 10.2. The second kappa shape index (κ2) is 5.58. The van der Waals surface area contributed by atoms with Crippen molar-refractivity contribution in [2.45, 2.75) is 10.6 Å².